The van der Waals surface area contributed by atoms with Crippen LogP contribution in [0.4, 0.5) is 0 Å². The van der Waals surface area contributed by atoms with Crippen LogP contribution >= 0.6 is 0 Å². The first kappa shape index (κ1) is 11.9. The zero-order chi connectivity index (χ0) is 12.4. The van der Waals surface area contributed by atoms with Gasteiger partial charge in [0.05, 0.1) is 17.1 Å². The van der Waals surface area contributed by atoms with Crippen molar-refractivity contribution < 1.29 is 5.11 Å². The Morgan fingerprint density at radius 3 is 2.59 bits per heavy atom. The highest BCUT2D eigenvalue weighted by Gasteiger charge is 2.19. The molecule has 0 aliphatic heterocycles. The van der Waals surface area contributed by atoms with Gasteiger partial charge in [-0.3, -0.25) is 9.36 Å². The van der Waals surface area contributed by atoms with Crippen molar-refractivity contribution in [3.05, 3.63) is 35.4 Å². The molecule has 0 amide bonds. The van der Waals surface area contributed by atoms with E-state index in [-0.39, 0.29) is 0 Å². The summed E-state index contributed by atoms with van der Waals surface area (Å²) in [5.41, 5.74) is 2.55. The van der Waals surface area contributed by atoms with Gasteiger partial charge >= 0.3 is 0 Å². The van der Waals surface area contributed by atoms with Crippen molar-refractivity contribution in [3.63, 3.8) is 0 Å². The molecule has 0 saturated heterocycles. The van der Waals surface area contributed by atoms with Gasteiger partial charge in [-0.15, -0.1) is 0 Å². The Kier molecular flexibility index (Phi) is 3.28. The molecule has 0 fully saturated rings. The summed E-state index contributed by atoms with van der Waals surface area (Å²) in [6.45, 7) is 7.45. The maximum Gasteiger partial charge on any atom is 0.137 e. The Hall–Kier alpha value is -1.62. The number of rotatable bonds is 4. The molecule has 5 heteroatoms. The molecule has 0 aromatic carbocycles. The molecule has 0 aliphatic rings. The fourth-order valence-corrected chi connectivity index (χ4v) is 2.03. The molecule has 92 valence electrons. The zero-order valence-electron chi connectivity index (χ0n) is 10.5. The fourth-order valence-electron chi connectivity index (χ4n) is 2.03. The minimum Gasteiger partial charge on any atom is -0.380 e. The Morgan fingerprint density at radius 2 is 1.94 bits per heavy atom. The molecule has 0 saturated carbocycles. The van der Waals surface area contributed by atoms with E-state index in [1.54, 1.807) is 10.9 Å². The highest BCUT2D eigenvalue weighted by Crippen LogP contribution is 2.22. The molecule has 2 heterocycles. The molecule has 17 heavy (non-hydrogen) atoms. The summed E-state index contributed by atoms with van der Waals surface area (Å²) >= 11 is 0. The van der Waals surface area contributed by atoms with Crippen LogP contribution in [0.5, 0.6) is 0 Å². The third-order valence-corrected chi connectivity index (χ3v) is 2.84. The van der Waals surface area contributed by atoms with E-state index in [1.807, 2.05) is 37.6 Å². The lowest BCUT2D eigenvalue weighted by Gasteiger charge is -2.13. The first-order chi connectivity index (χ1) is 8.17. The Morgan fingerprint density at radius 1 is 1.24 bits per heavy atom. The topological polar surface area (TPSA) is 55.9 Å². The second kappa shape index (κ2) is 4.71. The average Bonchev–Trinajstić information content (AvgIpc) is 2.93. The molecule has 2 aromatic heterocycles. The van der Waals surface area contributed by atoms with Crippen molar-refractivity contribution >= 4 is 0 Å². The van der Waals surface area contributed by atoms with Gasteiger partial charge in [-0.2, -0.15) is 10.2 Å². The summed E-state index contributed by atoms with van der Waals surface area (Å²) in [6, 6.07) is 3.76. The molecule has 1 unspecified atom stereocenters. The molecular formula is C12H18N4O. The summed E-state index contributed by atoms with van der Waals surface area (Å²) in [5, 5.41) is 18.9. The molecular weight excluding hydrogens is 216 g/mol. The van der Waals surface area contributed by atoms with Gasteiger partial charge in [0.2, 0.25) is 0 Å². The van der Waals surface area contributed by atoms with E-state index in [4.69, 9.17) is 0 Å². The highest BCUT2D eigenvalue weighted by atomic mass is 16.3. The number of hydrogen-bond acceptors (Lipinski definition) is 3. The van der Waals surface area contributed by atoms with E-state index in [1.165, 1.54) is 0 Å². The van der Waals surface area contributed by atoms with Crippen molar-refractivity contribution in [3.8, 4) is 0 Å². The molecule has 0 aliphatic carbocycles. The first-order valence-corrected chi connectivity index (χ1v) is 5.91. The largest absolute Gasteiger partial charge is 0.380 e. The van der Waals surface area contributed by atoms with Crippen LogP contribution in [0.1, 0.15) is 37.0 Å². The monoisotopic (exact) mass is 234 g/mol. The molecule has 5 nitrogen and oxygen atoms in total. The van der Waals surface area contributed by atoms with E-state index in [9.17, 15) is 5.11 Å². The molecule has 1 N–H and O–H groups in total. The van der Waals surface area contributed by atoms with E-state index in [0.29, 0.717) is 0 Å². The fraction of sp³-hybridized carbons (Fsp3) is 0.500. The maximum atomic E-state index is 10.4. The van der Waals surface area contributed by atoms with Crippen LogP contribution in [0.3, 0.4) is 0 Å². The normalized spacial score (nSPS) is 12.9. The smallest absolute Gasteiger partial charge is 0.137 e. The molecule has 1 atom stereocenters. The van der Waals surface area contributed by atoms with Gasteiger partial charge in [0.25, 0.3) is 0 Å². The Balaban J connectivity index is 2.39. The van der Waals surface area contributed by atoms with Gasteiger partial charge < -0.3 is 5.11 Å². The Labute approximate surface area is 101 Å². The third-order valence-electron chi connectivity index (χ3n) is 2.84. The van der Waals surface area contributed by atoms with Gasteiger partial charge in [-0.25, -0.2) is 0 Å². The summed E-state index contributed by atoms with van der Waals surface area (Å²) in [4.78, 5) is 0. The van der Waals surface area contributed by atoms with Crippen LogP contribution in [0, 0.1) is 6.92 Å². The highest BCUT2D eigenvalue weighted by molar-refractivity contribution is 5.21. The number of aliphatic hydroxyl groups is 1. The number of aromatic nitrogens is 4. The minimum atomic E-state index is -0.668. The quantitative estimate of drug-likeness (QED) is 0.872. The van der Waals surface area contributed by atoms with Gasteiger partial charge in [-0.1, -0.05) is 0 Å². The molecule has 2 aromatic rings. The lowest BCUT2D eigenvalue weighted by Crippen LogP contribution is -2.13. The molecule has 0 spiro atoms. The number of hydrogen-bond donors (Lipinski definition) is 1. The van der Waals surface area contributed by atoms with E-state index in [0.717, 1.165) is 30.2 Å². The van der Waals surface area contributed by atoms with Crippen molar-refractivity contribution in [2.24, 2.45) is 0 Å². The Bertz CT molecular complexity index is 500. The summed E-state index contributed by atoms with van der Waals surface area (Å²) < 4.78 is 3.62. The second-order valence-electron chi connectivity index (χ2n) is 4.00. The lowest BCUT2D eigenvalue weighted by atomic mass is 10.1. The number of aliphatic hydroxyl groups excluding tert-OH is 1. The van der Waals surface area contributed by atoms with E-state index >= 15 is 0 Å². The second-order valence-corrected chi connectivity index (χ2v) is 4.00. The van der Waals surface area contributed by atoms with Crippen LogP contribution in [0.15, 0.2) is 18.3 Å². The van der Waals surface area contributed by atoms with Gasteiger partial charge in [0.15, 0.2) is 0 Å². The minimum absolute atomic E-state index is 0.668. The van der Waals surface area contributed by atoms with Crippen LogP contribution in [0.25, 0.3) is 0 Å². The third kappa shape index (κ3) is 2.10. The van der Waals surface area contributed by atoms with Crippen LogP contribution in [0.2, 0.25) is 0 Å². The summed E-state index contributed by atoms with van der Waals surface area (Å²) in [6.07, 6.45) is 1.04. The average molecular weight is 234 g/mol. The zero-order valence-corrected chi connectivity index (χ0v) is 10.5. The summed E-state index contributed by atoms with van der Waals surface area (Å²) in [7, 11) is 0. The summed E-state index contributed by atoms with van der Waals surface area (Å²) in [5.74, 6) is 0. The van der Waals surface area contributed by atoms with Crippen LogP contribution in [-0.4, -0.2) is 24.7 Å². The predicted octanol–water partition coefficient (Wildman–Crippen LogP) is 1.51. The molecule has 0 radical (unpaired) electrons. The van der Waals surface area contributed by atoms with Crippen LogP contribution in [-0.2, 0) is 13.1 Å². The predicted molar refractivity (Wildman–Crippen MR) is 64.6 cm³/mol. The number of nitrogens with zero attached hydrogens (tertiary/aromatic N) is 4. The van der Waals surface area contributed by atoms with Crippen molar-refractivity contribution in [2.75, 3.05) is 0 Å². The van der Waals surface area contributed by atoms with E-state index in [2.05, 4.69) is 10.2 Å². The van der Waals surface area contributed by atoms with Gasteiger partial charge in [0.1, 0.15) is 6.10 Å². The van der Waals surface area contributed by atoms with Gasteiger partial charge in [-0.05, 0) is 32.9 Å². The van der Waals surface area contributed by atoms with Crippen LogP contribution < -0.4 is 0 Å². The first-order valence-electron chi connectivity index (χ1n) is 5.91. The van der Waals surface area contributed by atoms with Crippen molar-refractivity contribution in [1.29, 1.82) is 0 Å². The van der Waals surface area contributed by atoms with Crippen molar-refractivity contribution in [1.82, 2.24) is 19.6 Å². The van der Waals surface area contributed by atoms with Gasteiger partial charge in [0, 0.05) is 19.3 Å². The molecule has 2 rings (SSSR count). The number of aryl methyl sites for hydroxylation is 3. The SMILES string of the molecule is CCn1nccc1C(O)c1cc(C)nn1CC. The van der Waals surface area contributed by atoms with Crippen molar-refractivity contribution in [2.45, 2.75) is 40.0 Å². The lowest BCUT2D eigenvalue weighted by molar-refractivity contribution is 0.196. The molecule has 0 bridgehead atoms. The maximum absolute atomic E-state index is 10.4. The standard InChI is InChI=1S/C12H18N4O/c1-4-15-10(6-7-13-15)12(17)11-8-9(3)14-16(11)5-2/h6-8,12,17H,4-5H2,1-3H3. The van der Waals surface area contributed by atoms with E-state index < -0.39 is 6.10 Å².